The molecule has 4 heteroatoms. The molecule has 0 aromatic carbocycles. The molecule has 0 heterocycles. The van der Waals surface area contributed by atoms with Crippen molar-refractivity contribution < 1.29 is 32.3 Å². The van der Waals surface area contributed by atoms with Crippen molar-refractivity contribution in [3.63, 3.8) is 0 Å². The van der Waals surface area contributed by atoms with Gasteiger partial charge in [-0.3, -0.25) is 4.79 Å². The number of carboxylic acid groups (broad SMARTS) is 1. The molecule has 0 spiro atoms. The molecule has 0 saturated carbocycles. The fourth-order valence-electron chi connectivity index (χ4n) is 1.44. The average molecular weight is 458 g/mol. The Kier molecular flexibility index (Phi) is 26.1. The van der Waals surface area contributed by atoms with Gasteiger partial charge in [0.25, 0.3) is 0 Å². The van der Waals surface area contributed by atoms with Crippen LogP contribution in [-0.2, 0) is 27.2 Å². The van der Waals surface area contributed by atoms with E-state index in [1.54, 1.807) is 5.92 Å². The molecule has 2 nitrogen and oxygen atoms in total. The molecule has 0 aromatic rings. The van der Waals surface area contributed by atoms with Gasteiger partial charge in [-0.1, -0.05) is 51.9 Å². The molecule has 0 fully saturated rings. The van der Waals surface area contributed by atoms with Crippen LogP contribution in [0.3, 0.4) is 0 Å². The zero-order valence-corrected chi connectivity index (χ0v) is 15.0. The number of carboxylic acids is 1. The van der Waals surface area contributed by atoms with Crippen LogP contribution in [0.25, 0.3) is 0 Å². The Morgan fingerprint density at radius 3 is 1.78 bits per heavy atom. The van der Waals surface area contributed by atoms with Crippen LogP contribution in [0.2, 0.25) is 0 Å². The summed E-state index contributed by atoms with van der Waals surface area (Å²) in [4.78, 5) is 9.29. The summed E-state index contributed by atoms with van der Waals surface area (Å²) < 4.78 is 0. The van der Waals surface area contributed by atoms with Crippen LogP contribution in [0.4, 0.5) is 0 Å². The third-order valence-corrected chi connectivity index (χ3v) is 2.69. The number of rotatable bonds is 9. The summed E-state index contributed by atoms with van der Waals surface area (Å²) in [6, 6.07) is 0. The van der Waals surface area contributed by atoms with Gasteiger partial charge < -0.3 is 11.0 Å². The van der Waals surface area contributed by atoms with Crippen molar-refractivity contribution in [1.82, 2.24) is 0 Å². The molecule has 0 aliphatic heterocycles. The molecule has 0 radical (unpaired) electrons. The van der Waals surface area contributed by atoms with Gasteiger partial charge in [0.2, 0.25) is 0 Å². The van der Waals surface area contributed by atoms with Gasteiger partial charge in [-0.15, -0.1) is 0 Å². The first-order valence-electron chi connectivity index (χ1n) is 6.66. The number of thiol groups is 1. The molecule has 0 amide bonds. The van der Waals surface area contributed by atoms with Gasteiger partial charge in [0.1, 0.15) is 0 Å². The van der Waals surface area contributed by atoms with Crippen LogP contribution in [0, 0.1) is 5.92 Å². The molecule has 0 aliphatic carbocycles. The fourth-order valence-corrected chi connectivity index (χ4v) is 1.44. The van der Waals surface area contributed by atoms with Crippen molar-refractivity contribution in [1.29, 1.82) is 0 Å². The minimum absolute atomic E-state index is 0. The van der Waals surface area contributed by atoms with Crippen molar-refractivity contribution in [2.45, 2.75) is 72.1 Å². The number of aliphatic carboxylic acids is 1. The number of hydrogen-bond donors (Lipinski definition) is 2. The maximum atomic E-state index is 9.29. The van der Waals surface area contributed by atoms with Crippen LogP contribution in [0.1, 0.15) is 72.1 Å². The average Bonchev–Trinajstić information content (AvgIpc) is 2.28. The topological polar surface area (TPSA) is 37.3 Å². The Bertz CT molecular complexity index is 164. The van der Waals surface area contributed by atoms with E-state index in [1.807, 2.05) is 0 Å². The van der Waals surface area contributed by atoms with Gasteiger partial charge >= 0.3 is 28.3 Å². The van der Waals surface area contributed by atoms with Gasteiger partial charge in [0, 0.05) is 0 Å². The molecule has 0 bridgehead atoms. The SMILES string of the molecule is CCCCCCCCC[C-](C)C.O=C(O)CS.[Au+]. The first-order valence-corrected chi connectivity index (χ1v) is 7.29. The number of unbranched alkanes of at least 4 members (excludes halogenated alkanes) is 6. The van der Waals surface area contributed by atoms with Gasteiger partial charge in [-0.25, -0.2) is 0 Å². The summed E-state index contributed by atoms with van der Waals surface area (Å²) in [6.45, 7) is 6.74. The predicted octanol–water partition coefficient (Wildman–Crippen LogP) is 4.74. The largest absolute Gasteiger partial charge is 1.00 e. The van der Waals surface area contributed by atoms with Crippen LogP contribution in [0.5, 0.6) is 0 Å². The van der Waals surface area contributed by atoms with Gasteiger partial charge in [-0.2, -0.15) is 32.9 Å². The van der Waals surface area contributed by atoms with Crippen molar-refractivity contribution in [3.8, 4) is 0 Å². The van der Waals surface area contributed by atoms with Gasteiger partial charge in [0.05, 0.1) is 5.75 Å². The Labute approximate surface area is 134 Å². The summed E-state index contributed by atoms with van der Waals surface area (Å²) in [5.74, 6) is 0.622. The first kappa shape index (κ1) is 23.6. The molecule has 18 heavy (non-hydrogen) atoms. The molecular formula is C14H29AuO2S. The van der Waals surface area contributed by atoms with E-state index in [1.165, 1.54) is 51.4 Å². The van der Waals surface area contributed by atoms with E-state index in [0.29, 0.717) is 0 Å². The smallest absolute Gasteiger partial charge is 0.481 e. The summed E-state index contributed by atoms with van der Waals surface area (Å²) in [5.41, 5.74) is 0. The maximum Gasteiger partial charge on any atom is 1.00 e. The van der Waals surface area contributed by atoms with Crippen LogP contribution in [0.15, 0.2) is 0 Å². The molecule has 0 rings (SSSR count). The second-order valence-corrected chi connectivity index (χ2v) is 4.95. The molecule has 0 saturated heterocycles. The minimum Gasteiger partial charge on any atom is -0.481 e. The molecular weight excluding hydrogens is 429 g/mol. The van der Waals surface area contributed by atoms with Gasteiger partial charge in [-0.05, 0) is 0 Å². The number of hydrogen-bond acceptors (Lipinski definition) is 2. The van der Waals surface area contributed by atoms with Crippen molar-refractivity contribution in [3.05, 3.63) is 5.92 Å². The van der Waals surface area contributed by atoms with E-state index in [0.717, 1.165) is 0 Å². The Balaban J connectivity index is -0.000000321. The third kappa shape index (κ3) is 30.0. The molecule has 0 aromatic heterocycles. The van der Waals surface area contributed by atoms with Crippen LogP contribution < -0.4 is 0 Å². The van der Waals surface area contributed by atoms with Crippen LogP contribution in [-0.4, -0.2) is 16.8 Å². The number of carbonyl (C=O) groups is 1. The first-order chi connectivity index (χ1) is 8.04. The molecule has 0 atom stereocenters. The van der Waals surface area contributed by atoms with E-state index in [4.69, 9.17) is 5.11 Å². The molecule has 114 valence electrons. The summed E-state index contributed by atoms with van der Waals surface area (Å²) >= 11 is 3.42. The minimum atomic E-state index is -0.881. The van der Waals surface area contributed by atoms with Crippen molar-refractivity contribution >= 4 is 18.6 Å². The van der Waals surface area contributed by atoms with E-state index in [9.17, 15) is 4.79 Å². The zero-order chi connectivity index (χ0) is 13.5. The monoisotopic (exact) mass is 458 g/mol. The molecule has 0 unspecified atom stereocenters. The van der Waals surface area contributed by atoms with E-state index in [-0.39, 0.29) is 28.1 Å². The van der Waals surface area contributed by atoms with E-state index < -0.39 is 5.97 Å². The third-order valence-electron chi connectivity index (χ3n) is 2.42. The standard InChI is InChI=1S/C12H25.C2H4O2S.Au/c1-4-5-6-7-8-9-10-11-12(2)3;3-2(4)1-5;/h4-11H2,1-3H3;5H,1H2,(H,3,4);/q-1;;+1. The molecule has 1 N–H and O–H groups in total. The Hall–Kier alpha value is 0.560. The Morgan fingerprint density at radius 1 is 1.06 bits per heavy atom. The molecule has 0 aliphatic rings. The normalized spacial score (nSPS) is 9.39. The fraction of sp³-hybridized carbons (Fsp3) is 0.857. The summed E-state index contributed by atoms with van der Waals surface area (Å²) in [5, 5.41) is 7.65. The summed E-state index contributed by atoms with van der Waals surface area (Å²) in [6.07, 6.45) is 11.3. The maximum absolute atomic E-state index is 9.29. The van der Waals surface area contributed by atoms with E-state index in [2.05, 4.69) is 33.4 Å². The van der Waals surface area contributed by atoms with Crippen molar-refractivity contribution in [2.24, 2.45) is 0 Å². The second-order valence-electron chi connectivity index (χ2n) is 4.63. The second kappa shape index (κ2) is 19.9. The zero-order valence-electron chi connectivity index (χ0n) is 12.0. The van der Waals surface area contributed by atoms with Gasteiger partial charge in [0.15, 0.2) is 0 Å². The predicted molar refractivity (Wildman–Crippen MR) is 78.7 cm³/mol. The summed E-state index contributed by atoms with van der Waals surface area (Å²) in [7, 11) is 0. The van der Waals surface area contributed by atoms with Crippen LogP contribution >= 0.6 is 12.6 Å². The van der Waals surface area contributed by atoms with Crippen molar-refractivity contribution in [2.75, 3.05) is 5.75 Å². The quantitative estimate of drug-likeness (QED) is 0.227. The van der Waals surface area contributed by atoms with E-state index >= 15 is 0 Å². The Morgan fingerprint density at radius 2 is 1.44 bits per heavy atom.